The summed E-state index contributed by atoms with van der Waals surface area (Å²) >= 11 is 0. The van der Waals surface area contributed by atoms with Gasteiger partial charge < -0.3 is 5.32 Å². The average molecular weight is 205 g/mol. The molecule has 0 radical (unpaired) electrons. The van der Waals surface area contributed by atoms with Crippen molar-refractivity contribution in [2.24, 2.45) is 5.41 Å². The molecule has 1 aliphatic carbocycles. The highest BCUT2D eigenvalue weighted by molar-refractivity contribution is 5.36. The molecule has 0 bridgehead atoms. The monoisotopic (exact) mass is 205 g/mol. The third-order valence-electron chi connectivity index (χ3n) is 4.09. The van der Waals surface area contributed by atoms with Gasteiger partial charge in [-0.2, -0.15) is 0 Å². The van der Waals surface area contributed by atoms with Gasteiger partial charge in [0.05, 0.1) is 0 Å². The maximum absolute atomic E-state index is 3.48. The van der Waals surface area contributed by atoms with Crippen LogP contribution in [-0.2, 0) is 0 Å². The van der Waals surface area contributed by atoms with Crippen LogP contribution in [0.4, 0.5) is 0 Å². The van der Waals surface area contributed by atoms with Crippen LogP contribution < -0.4 is 5.32 Å². The third-order valence-corrected chi connectivity index (χ3v) is 4.09. The van der Waals surface area contributed by atoms with Gasteiger partial charge in [0.25, 0.3) is 0 Å². The molecule has 1 saturated heterocycles. The molecule has 1 spiro atoms. The Morgan fingerprint density at radius 2 is 2.00 bits per heavy atom. The molecular formula is C14H23N. The van der Waals surface area contributed by atoms with Crippen LogP contribution in [-0.4, -0.2) is 13.1 Å². The summed E-state index contributed by atoms with van der Waals surface area (Å²) in [6, 6.07) is 0. The summed E-state index contributed by atoms with van der Waals surface area (Å²) in [7, 11) is 0. The summed E-state index contributed by atoms with van der Waals surface area (Å²) in [5, 5.41) is 3.48. The lowest BCUT2D eigenvalue weighted by Gasteiger charge is -2.36. The molecule has 0 aromatic heterocycles. The van der Waals surface area contributed by atoms with Crippen molar-refractivity contribution in [1.82, 2.24) is 5.32 Å². The van der Waals surface area contributed by atoms with Crippen molar-refractivity contribution in [2.75, 3.05) is 13.1 Å². The van der Waals surface area contributed by atoms with E-state index in [0.717, 1.165) is 6.42 Å². The van der Waals surface area contributed by atoms with Gasteiger partial charge in [-0.05, 0) is 63.1 Å². The Balaban J connectivity index is 2.21. The first kappa shape index (κ1) is 10.9. The standard InChI is InChI=1S/C14H23N/c1-3-4-5-13-12(2)6-7-14(13)8-10-15-11-9-14/h4-5,15H,3,6-11H2,1-2H3/b5-4-. The first-order valence-corrected chi connectivity index (χ1v) is 6.36. The topological polar surface area (TPSA) is 12.0 Å². The van der Waals surface area contributed by atoms with E-state index in [0.29, 0.717) is 5.41 Å². The Kier molecular flexibility index (Phi) is 3.30. The number of allylic oxidation sites excluding steroid dienone is 4. The van der Waals surface area contributed by atoms with Crippen LogP contribution in [0.25, 0.3) is 0 Å². The van der Waals surface area contributed by atoms with Crippen LogP contribution >= 0.6 is 0 Å². The Hall–Kier alpha value is -0.560. The Bertz CT molecular complexity index is 280. The molecule has 0 amide bonds. The van der Waals surface area contributed by atoms with Gasteiger partial charge >= 0.3 is 0 Å². The normalized spacial score (nSPS) is 25.7. The van der Waals surface area contributed by atoms with Gasteiger partial charge in [-0.3, -0.25) is 0 Å². The molecule has 1 aliphatic heterocycles. The number of hydrogen-bond acceptors (Lipinski definition) is 1. The molecule has 1 N–H and O–H groups in total. The SMILES string of the molecule is CC/C=C\C1=C(C)CCC12CCNCC2. The van der Waals surface area contributed by atoms with Gasteiger partial charge in [-0.1, -0.05) is 24.6 Å². The van der Waals surface area contributed by atoms with Crippen LogP contribution in [0.15, 0.2) is 23.3 Å². The second-order valence-electron chi connectivity index (χ2n) is 5.03. The van der Waals surface area contributed by atoms with Crippen LogP contribution in [0.3, 0.4) is 0 Å². The number of piperidine rings is 1. The zero-order valence-corrected chi connectivity index (χ0v) is 10.1. The zero-order chi connectivity index (χ0) is 10.7. The molecule has 15 heavy (non-hydrogen) atoms. The second-order valence-corrected chi connectivity index (χ2v) is 5.03. The highest BCUT2D eigenvalue weighted by Gasteiger charge is 2.38. The number of rotatable bonds is 2. The summed E-state index contributed by atoms with van der Waals surface area (Å²) in [4.78, 5) is 0. The number of hydrogen-bond donors (Lipinski definition) is 1. The average Bonchev–Trinajstić information content (AvgIpc) is 2.55. The van der Waals surface area contributed by atoms with Crippen molar-refractivity contribution >= 4 is 0 Å². The van der Waals surface area contributed by atoms with Crippen LogP contribution in [0.1, 0.15) is 46.0 Å². The van der Waals surface area contributed by atoms with Gasteiger partial charge in [-0.15, -0.1) is 0 Å². The maximum atomic E-state index is 3.48. The Morgan fingerprint density at radius 1 is 1.27 bits per heavy atom. The van der Waals surface area contributed by atoms with Gasteiger partial charge in [0.2, 0.25) is 0 Å². The molecule has 1 heteroatoms. The summed E-state index contributed by atoms with van der Waals surface area (Å²) in [6.45, 7) is 6.95. The molecule has 0 unspecified atom stereocenters. The Labute approximate surface area is 93.6 Å². The van der Waals surface area contributed by atoms with E-state index in [1.807, 2.05) is 0 Å². The van der Waals surface area contributed by atoms with Crippen molar-refractivity contribution in [3.63, 3.8) is 0 Å². The third kappa shape index (κ3) is 2.03. The summed E-state index contributed by atoms with van der Waals surface area (Å²) in [5.41, 5.74) is 3.86. The highest BCUT2D eigenvalue weighted by atomic mass is 14.9. The molecule has 2 aliphatic rings. The van der Waals surface area contributed by atoms with Crippen molar-refractivity contribution < 1.29 is 0 Å². The molecule has 84 valence electrons. The lowest BCUT2D eigenvalue weighted by atomic mass is 9.73. The molecule has 0 atom stereocenters. The molecule has 0 saturated carbocycles. The first-order valence-electron chi connectivity index (χ1n) is 6.36. The van der Waals surface area contributed by atoms with E-state index >= 15 is 0 Å². The fourth-order valence-corrected chi connectivity index (χ4v) is 3.13. The van der Waals surface area contributed by atoms with Gasteiger partial charge in [-0.25, -0.2) is 0 Å². The maximum Gasteiger partial charge on any atom is -0.00205 e. The van der Waals surface area contributed by atoms with E-state index in [-0.39, 0.29) is 0 Å². The molecular weight excluding hydrogens is 182 g/mol. The van der Waals surface area contributed by atoms with E-state index in [9.17, 15) is 0 Å². The van der Waals surface area contributed by atoms with E-state index < -0.39 is 0 Å². The lowest BCUT2D eigenvalue weighted by Crippen LogP contribution is -2.36. The van der Waals surface area contributed by atoms with Crippen molar-refractivity contribution in [1.29, 1.82) is 0 Å². The quantitative estimate of drug-likeness (QED) is 0.728. The zero-order valence-electron chi connectivity index (χ0n) is 10.1. The van der Waals surface area contributed by atoms with Gasteiger partial charge in [0.1, 0.15) is 0 Å². The summed E-state index contributed by atoms with van der Waals surface area (Å²) in [5.74, 6) is 0. The van der Waals surface area contributed by atoms with E-state index in [1.165, 1.54) is 38.8 Å². The smallest absolute Gasteiger partial charge is 0.00205 e. The molecule has 1 nitrogen and oxygen atoms in total. The Morgan fingerprint density at radius 3 is 2.67 bits per heavy atom. The van der Waals surface area contributed by atoms with Gasteiger partial charge in [0, 0.05) is 0 Å². The van der Waals surface area contributed by atoms with Crippen LogP contribution in [0.5, 0.6) is 0 Å². The molecule has 2 rings (SSSR count). The van der Waals surface area contributed by atoms with Crippen LogP contribution in [0.2, 0.25) is 0 Å². The minimum absolute atomic E-state index is 0.543. The largest absolute Gasteiger partial charge is 0.317 e. The molecule has 1 heterocycles. The van der Waals surface area contributed by atoms with Crippen molar-refractivity contribution in [2.45, 2.75) is 46.0 Å². The highest BCUT2D eigenvalue weighted by Crippen LogP contribution is 2.49. The van der Waals surface area contributed by atoms with E-state index in [1.54, 1.807) is 11.1 Å². The summed E-state index contributed by atoms with van der Waals surface area (Å²) < 4.78 is 0. The minimum atomic E-state index is 0.543. The van der Waals surface area contributed by atoms with E-state index in [4.69, 9.17) is 0 Å². The number of nitrogens with one attached hydrogen (secondary N) is 1. The molecule has 0 aromatic rings. The van der Waals surface area contributed by atoms with Gasteiger partial charge in [0.15, 0.2) is 0 Å². The van der Waals surface area contributed by atoms with E-state index in [2.05, 4.69) is 31.3 Å². The van der Waals surface area contributed by atoms with Crippen molar-refractivity contribution in [3.05, 3.63) is 23.3 Å². The van der Waals surface area contributed by atoms with Crippen LogP contribution in [0, 0.1) is 5.41 Å². The minimum Gasteiger partial charge on any atom is -0.317 e. The van der Waals surface area contributed by atoms with Crippen molar-refractivity contribution in [3.8, 4) is 0 Å². The fraction of sp³-hybridized carbons (Fsp3) is 0.714. The fourth-order valence-electron chi connectivity index (χ4n) is 3.13. The summed E-state index contributed by atoms with van der Waals surface area (Å²) in [6.07, 6.45) is 11.3. The lowest BCUT2D eigenvalue weighted by molar-refractivity contribution is 0.257. The first-order chi connectivity index (χ1) is 7.28. The predicted octanol–water partition coefficient (Wildman–Crippen LogP) is 3.43. The second kappa shape index (κ2) is 4.52. The molecule has 1 fully saturated rings. The molecule has 0 aromatic carbocycles. The predicted molar refractivity (Wildman–Crippen MR) is 65.9 cm³/mol.